The van der Waals surface area contributed by atoms with Crippen LogP contribution in [0.5, 0.6) is 5.75 Å². The number of carbonyl (C=O) groups is 1. The summed E-state index contributed by atoms with van der Waals surface area (Å²) >= 11 is 0. The van der Waals surface area contributed by atoms with Gasteiger partial charge >= 0.3 is 5.97 Å². The molecule has 6 heteroatoms. The molecule has 2 unspecified atom stereocenters. The van der Waals surface area contributed by atoms with Crippen LogP contribution in [0, 0.1) is 0 Å². The Morgan fingerprint density at radius 1 is 1.56 bits per heavy atom. The van der Waals surface area contributed by atoms with Crippen molar-refractivity contribution in [1.29, 1.82) is 0 Å². The zero-order valence-electron chi connectivity index (χ0n) is 8.75. The molecule has 0 aliphatic rings. The van der Waals surface area contributed by atoms with Gasteiger partial charge in [-0.15, -0.1) is 0 Å². The van der Waals surface area contributed by atoms with Gasteiger partial charge in [-0.3, -0.25) is 9.00 Å². The van der Waals surface area contributed by atoms with Crippen molar-refractivity contribution >= 4 is 16.8 Å². The van der Waals surface area contributed by atoms with Crippen LogP contribution in [0.1, 0.15) is 0 Å². The summed E-state index contributed by atoms with van der Waals surface area (Å²) in [5.41, 5.74) is 5.31. The number of carboxylic acids is 1. The average Bonchev–Trinajstić information content (AvgIpc) is 2.28. The van der Waals surface area contributed by atoms with Crippen LogP contribution in [-0.2, 0) is 15.6 Å². The minimum absolute atomic E-state index is 0.129. The Kier molecular flexibility index (Phi) is 4.45. The summed E-state index contributed by atoms with van der Waals surface area (Å²) in [6.45, 7) is 0. The van der Waals surface area contributed by atoms with E-state index in [1.54, 1.807) is 24.3 Å². The van der Waals surface area contributed by atoms with E-state index in [0.29, 0.717) is 10.6 Å². The van der Waals surface area contributed by atoms with Crippen molar-refractivity contribution < 1.29 is 18.8 Å². The summed E-state index contributed by atoms with van der Waals surface area (Å²) in [7, 11) is -0.0109. The Morgan fingerprint density at radius 2 is 2.19 bits per heavy atom. The molecule has 0 heterocycles. The Morgan fingerprint density at radius 3 is 2.75 bits per heavy atom. The lowest BCUT2D eigenvalue weighted by Crippen LogP contribution is -2.35. The summed E-state index contributed by atoms with van der Waals surface area (Å²) in [4.78, 5) is 11.0. The van der Waals surface area contributed by atoms with E-state index in [9.17, 15) is 9.00 Å². The van der Waals surface area contributed by atoms with Gasteiger partial charge in [0.25, 0.3) is 0 Å². The monoisotopic (exact) mass is 243 g/mol. The fourth-order valence-electron chi connectivity index (χ4n) is 1.13. The van der Waals surface area contributed by atoms with Gasteiger partial charge in [0.05, 0.1) is 28.6 Å². The molecule has 0 spiro atoms. The number of ether oxygens (including phenoxy) is 1. The highest BCUT2D eigenvalue weighted by Crippen LogP contribution is 2.21. The normalized spacial score (nSPS) is 14.1. The number of benzene rings is 1. The predicted octanol–water partition coefficient (Wildman–Crippen LogP) is 0.215. The average molecular weight is 243 g/mol. The third-order valence-corrected chi connectivity index (χ3v) is 3.45. The highest BCUT2D eigenvalue weighted by molar-refractivity contribution is 7.85. The summed E-state index contributed by atoms with van der Waals surface area (Å²) in [5, 5.41) is 8.61. The first-order valence-corrected chi connectivity index (χ1v) is 5.88. The molecule has 0 aliphatic heterocycles. The van der Waals surface area contributed by atoms with E-state index in [0.717, 1.165) is 0 Å². The second-order valence-electron chi connectivity index (χ2n) is 3.11. The van der Waals surface area contributed by atoms with Gasteiger partial charge in [0.2, 0.25) is 0 Å². The van der Waals surface area contributed by atoms with Crippen LogP contribution >= 0.6 is 0 Å². The van der Waals surface area contributed by atoms with Crippen LogP contribution in [0.3, 0.4) is 0 Å². The van der Waals surface area contributed by atoms with Crippen molar-refractivity contribution in [2.45, 2.75) is 10.9 Å². The third kappa shape index (κ3) is 3.04. The van der Waals surface area contributed by atoms with Crippen molar-refractivity contribution in [2.24, 2.45) is 5.73 Å². The van der Waals surface area contributed by atoms with Gasteiger partial charge in [-0.25, -0.2) is 0 Å². The molecule has 1 aromatic carbocycles. The Balaban J connectivity index is 2.84. The second-order valence-corrected chi connectivity index (χ2v) is 4.57. The van der Waals surface area contributed by atoms with Crippen LogP contribution in [0.4, 0.5) is 0 Å². The van der Waals surface area contributed by atoms with Gasteiger partial charge in [0.15, 0.2) is 0 Å². The van der Waals surface area contributed by atoms with Gasteiger partial charge in [0, 0.05) is 0 Å². The molecule has 0 amide bonds. The molecule has 0 aliphatic carbocycles. The Labute approximate surface area is 95.7 Å². The van der Waals surface area contributed by atoms with E-state index in [1.165, 1.54) is 7.11 Å². The number of rotatable bonds is 5. The quantitative estimate of drug-likeness (QED) is 0.772. The predicted molar refractivity (Wildman–Crippen MR) is 59.9 cm³/mol. The molecule has 0 aromatic heterocycles. The van der Waals surface area contributed by atoms with Crippen molar-refractivity contribution in [1.82, 2.24) is 0 Å². The molecular weight excluding hydrogens is 230 g/mol. The number of para-hydroxylation sites is 1. The third-order valence-electron chi connectivity index (χ3n) is 1.96. The van der Waals surface area contributed by atoms with Gasteiger partial charge < -0.3 is 15.6 Å². The number of carboxylic acid groups (broad SMARTS) is 1. The summed E-state index contributed by atoms with van der Waals surface area (Å²) < 4.78 is 16.9. The van der Waals surface area contributed by atoms with E-state index < -0.39 is 22.8 Å². The summed E-state index contributed by atoms with van der Waals surface area (Å²) in [5.74, 6) is -0.822. The first-order chi connectivity index (χ1) is 7.56. The Hall–Kier alpha value is -1.40. The maximum Gasteiger partial charge on any atom is 0.321 e. The molecule has 16 heavy (non-hydrogen) atoms. The maximum absolute atomic E-state index is 11.8. The van der Waals surface area contributed by atoms with E-state index >= 15 is 0 Å². The maximum atomic E-state index is 11.8. The standard InChI is InChI=1S/C10H13NO4S/c1-15-8-4-2-3-5-9(8)16(14)6-7(11)10(12)13/h2-5,7H,6,11H2,1H3,(H,12,13). The molecule has 0 radical (unpaired) electrons. The summed E-state index contributed by atoms with van der Waals surface area (Å²) in [6, 6.07) is 5.62. The summed E-state index contributed by atoms with van der Waals surface area (Å²) in [6.07, 6.45) is 0. The molecule has 1 aromatic rings. The zero-order chi connectivity index (χ0) is 12.1. The molecule has 3 N–H and O–H groups in total. The SMILES string of the molecule is COc1ccccc1S(=O)CC(N)C(=O)O. The minimum atomic E-state index is -1.48. The topological polar surface area (TPSA) is 89.6 Å². The largest absolute Gasteiger partial charge is 0.495 e. The van der Waals surface area contributed by atoms with E-state index in [4.69, 9.17) is 15.6 Å². The lowest BCUT2D eigenvalue weighted by Gasteiger charge is -2.09. The van der Waals surface area contributed by atoms with Crippen LogP contribution < -0.4 is 10.5 Å². The molecule has 0 fully saturated rings. The molecule has 2 atom stereocenters. The zero-order valence-corrected chi connectivity index (χ0v) is 9.57. The van der Waals surface area contributed by atoms with Crippen molar-refractivity contribution in [3.63, 3.8) is 0 Å². The first kappa shape index (κ1) is 12.7. The Bertz CT molecular complexity index is 408. The highest BCUT2D eigenvalue weighted by Gasteiger charge is 2.18. The molecule has 0 bridgehead atoms. The van der Waals surface area contributed by atoms with Crippen LogP contribution in [0.25, 0.3) is 0 Å². The van der Waals surface area contributed by atoms with Crippen molar-refractivity contribution in [2.75, 3.05) is 12.9 Å². The second kappa shape index (κ2) is 5.62. The minimum Gasteiger partial charge on any atom is -0.495 e. The van der Waals surface area contributed by atoms with E-state index in [-0.39, 0.29) is 5.75 Å². The van der Waals surface area contributed by atoms with Gasteiger partial charge in [-0.05, 0) is 12.1 Å². The fraction of sp³-hybridized carbons (Fsp3) is 0.300. The number of nitrogens with two attached hydrogens (primary N) is 1. The number of methoxy groups -OCH3 is 1. The van der Waals surface area contributed by atoms with Crippen LogP contribution in [-0.4, -0.2) is 34.2 Å². The van der Waals surface area contributed by atoms with E-state index in [2.05, 4.69) is 0 Å². The molecule has 0 saturated carbocycles. The van der Waals surface area contributed by atoms with Crippen LogP contribution in [0.2, 0.25) is 0 Å². The molecule has 5 nitrogen and oxygen atoms in total. The lowest BCUT2D eigenvalue weighted by molar-refractivity contribution is -0.137. The molecule has 0 saturated heterocycles. The van der Waals surface area contributed by atoms with E-state index in [1.807, 2.05) is 0 Å². The fourth-order valence-corrected chi connectivity index (χ4v) is 2.39. The number of aliphatic carboxylic acids is 1. The van der Waals surface area contributed by atoms with Crippen LogP contribution in [0.15, 0.2) is 29.2 Å². The first-order valence-electron chi connectivity index (χ1n) is 4.56. The number of hydrogen-bond acceptors (Lipinski definition) is 4. The smallest absolute Gasteiger partial charge is 0.321 e. The van der Waals surface area contributed by atoms with Gasteiger partial charge in [0.1, 0.15) is 11.8 Å². The lowest BCUT2D eigenvalue weighted by atomic mass is 10.3. The molecule has 88 valence electrons. The van der Waals surface area contributed by atoms with Crippen molar-refractivity contribution in [3.8, 4) is 5.75 Å². The molecular formula is C10H13NO4S. The molecule has 1 rings (SSSR count). The van der Waals surface area contributed by atoms with Crippen molar-refractivity contribution in [3.05, 3.63) is 24.3 Å². The highest BCUT2D eigenvalue weighted by atomic mass is 32.2. The number of hydrogen-bond donors (Lipinski definition) is 2. The van der Waals surface area contributed by atoms with Gasteiger partial charge in [-0.1, -0.05) is 12.1 Å². The van der Waals surface area contributed by atoms with Gasteiger partial charge in [-0.2, -0.15) is 0 Å².